The zero-order chi connectivity index (χ0) is 17.1. The minimum atomic E-state index is -0.991. The molecule has 0 fully saturated rings. The average Bonchev–Trinajstić information content (AvgIpc) is 2.60. The molecule has 2 aromatic carbocycles. The number of nitrogens with zero attached hydrogens (tertiary/aromatic N) is 1. The number of rotatable bonds is 4. The standard InChI is InChI=1S/C19H15NO4/c1-24-18-10-12(7-9-17(18)21)6-8-13-11-15(19(22)23)14-4-2-3-5-16(14)20-13/h2-11,21H,1H3,(H,22,23)/b8-6+. The number of phenolic OH excluding ortho intramolecular Hbond substituents is 1. The zero-order valence-electron chi connectivity index (χ0n) is 12.9. The van der Waals surface area contributed by atoms with Crippen LogP contribution in [0.15, 0.2) is 48.5 Å². The van der Waals surface area contributed by atoms with Gasteiger partial charge in [0.1, 0.15) is 0 Å². The van der Waals surface area contributed by atoms with Gasteiger partial charge in [-0.3, -0.25) is 0 Å². The summed E-state index contributed by atoms with van der Waals surface area (Å²) >= 11 is 0. The van der Waals surface area contributed by atoms with E-state index in [4.69, 9.17) is 4.74 Å². The summed E-state index contributed by atoms with van der Waals surface area (Å²) in [6, 6.07) is 13.6. The van der Waals surface area contributed by atoms with Gasteiger partial charge in [-0.15, -0.1) is 0 Å². The summed E-state index contributed by atoms with van der Waals surface area (Å²) in [5.74, 6) is -0.559. The summed E-state index contributed by atoms with van der Waals surface area (Å²) in [6.07, 6.45) is 3.51. The Balaban J connectivity index is 2.02. The molecule has 0 aliphatic heterocycles. The highest BCUT2D eigenvalue weighted by atomic mass is 16.5. The third-order valence-electron chi connectivity index (χ3n) is 3.62. The molecule has 5 nitrogen and oxygen atoms in total. The molecule has 3 rings (SSSR count). The summed E-state index contributed by atoms with van der Waals surface area (Å²) in [7, 11) is 1.48. The Bertz CT molecular complexity index is 947. The van der Waals surface area contributed by atoms with E-state index in [0.29, 0.717) is 22.3 Å². The summed E-state index contributed by atoms with van der Waals surface area (Å²) in [6.45, 7) is 0. The third kappa shape index (κ3) is 3.05. The van der Waals surface area contributed by atoms with Gasteiger partial charge in [0.2, 0.25) is 0 Å². The van der Waals surface area contributed by atoms with Crippen LogP contribution < -0.4 is 4.74 Å². The van der Waals surface area contributed by atoms with Crippen LogP contribution in [0.3, 0.4) is 0 Å². The van der Waals surface area contributed by atoms with Crippen molar-refractivity contribution in [3.63, 3.8) is 0 Å². The van der Waals surface area contributed by atoms with Gasteiger partial charge < -0.3 is 14.9 Å². The Morgan fingerprint density at radius 3 is 2.67 bits per heavy atom. The van der Waals surface area contributed by atoms with Gasteiger partial charge in [-0.2, -0.15) is 0 Å². The Morgan fingerprint density at radius 2 is 1.92 bits per heavy atom. The first-order valence-corrected chi connectivity index (χ1v) is 7.26. The van der Waals surface area contributed by atoms with Crippen molar-refractivity contribution in [2.24, 2.45) is 0 Å². The van der Waals surface area contributed by atoms with Gasteiger partial charge in [0.25, 0.3) is 0 Å². The number of phenols is 1. The minimum Gasteiger partial charge on any atom is -0.504 e. The molecule has 0 aliphatic rings. The van der Waals surface area contributed by atoms with Gasteiger partial charge >= 0.3 is 5.97 Å². The zero-order valence-corrected chi connectivity index (χ0v) is 12.9. The second-order valence-corrected chi connectivity index (χ2v) is 5.18. The molecule has 5 heteroatoms. The Kier molecular flexibility index (Phi) is 4.16. The summed E-state index contributed by atoms with van der Waals surface area (Å²) in [5, 5.41) is 19.6. The molecule has 1 aromatic heterocycles. The summed E-state index contributed by atoms with van der Waals surface area (Å²) < 4.78 is 5.07. The lowest BCUT2D eigenvalue weighted by atomic mass is 10.1. The Labute approximate surface area is 138 Å². The van der Waals surface area contributed by atoms with Crippen molar-refractivity contribution in [2.45, 2.75) is 0 Å². The van der Waals surface area contributed by atoms with E-state index in [9.17, 15) is 15.0 Å². The molecule has 1 heterocycles. The van der Waals surface area contributed by atoms with E-state index in [-0.39, 0.29) is 11.3 Å². The van der Waals surface area contributed by atoms with Crippen LogP contribution >= 0.6 is 0 Å². The molecule has 2 N–H and O–H groups in total. The van der Waals surface area contributed by atoms with Gasteiger partial charge in [-0.25, -0.2) is 9.78 Å². The van der Waals surface area contributed by atoms with E-state index in [2.05, 4.69) is 4.98 Å². The normalized spacial score (nSPS) is 11.0. The van der Waals surface area contributed by atoms with E-state index in [0.717, 1.165) is 5.56 Å². The molecular weight excluding hydrogens is 306 g/mol. The predicted molar refractivity (Wildman–Crippen MR) is 92.3 cm³/mol. The number of fused-ring (bicyclic) bond motifs is 1. The monoisotopic (exact) mass is 321 g/mol. The van der Waals surface area contributed by atoms with Crippen LogP contribution in [-0.2, 0) is 0 Å². The van der Waals surface area contributed by atoms with Crippen molar-refractivity contribution in [3.05, 3.63) is 65.4 Å². The largest absolute Gasteiger partial charge is 0.504 e. The van der Waals surface area contributed by atoms with Gasteiger partial charge in [-0.1, -0.05) is 30.3 Å². The Morgan fingerprint density at radius 1 is 1.12 bits per heavy atom. The molecule has 0 unspecified atom stereocenters. The van der Waals surface area contributed by atoms with Gasteiger partial charge in [0.15, 0.2) is 11.5 Å². The number of carboxylic acid groups (broad SMARTS) is 1. The Hall–Kier alpha value is -3.34. The first kappa shape index (κ1) is 15.6. The van der Waals surface area contributed by atoms with Gasteiger partial charge in [0, 0.05) is 5.39 Å². The minimum absolute atomic E-state index is 0.0617. The van der Waals surface area contributed by atoms with Crippen LogP contribution in [0.5, 0.6) is 11.5 Å². The molecular formula is C19H15NO4. The molecule has 0 aliphatic carbocycles. The number of methoxy groups -OCH3 is 1. The van der Waals surface area contributed by atoms with Crippen molar-refractivity contribution in [1.82, 2.24) is 4.98 Å². The van der Waals surface area contributed by atoms with E-state index in [1.807, 2.05) is 6.07 Å². The highest BCUT2D eigenvalue weighted by Gasteiger charge is 2.10. The summed E-state index contributed by atoms with van der Waals surface area (Å²) in [4.78, 5) is 15.9. The van der Waals surface area contributed by atoms with Crippen molar-refractivity contribution >= 4 is 29.0 Å². The number of para-hydroxylation sites is 1. The van der Waals surface area contributed by atoms with E-state index >= 15 is 0 Å². The SMILES string of the molecule is COc1cc(/C=C/c2cc(C(=O)O)c3ccccc3n2)ccc1O. The lowest BCUT2D eigenvalue weighted by Crippen LogP contribution is -2.00. The highest BCUT2D eigenvalue weighted by Crippen LogP contribution is 2.27. The van der Waals surface area contributed by atoms with Crippen molar-refractivity contribution < 1.29 is 19.7 Å². The van der Waals surface area contributed by atoms with Crippen molar-refractivity contribution in [3.8, 4) is 11.5 Å². The topological polar surface area (TPSA) is 79.7 Å². The summed E-state index contributed by atoms with van der Waals surface area (Å²) in [5.41, 5.74) is 2.18. The maximum atomic E-state index is 11.5. The molecule has 0 radical (unpaired) electrons. The lowest BCUT2D eigenvalue weighted by Gasteiger charge is -2.05. The van der Waals surface area contributed by atoms with Crippen molar-refractivity contribution in [2.75, 3.05) is 7.11 Å². The molecule has 0 saturated heterocycles. The number of aromatic hydroxyl groups is 1. The fourth-order valence-electron chi connectivity index (χ4n) is 2.44. The van der Waals surface area contributed by atoms with Crippen LogP contribution in [0.4, 0.5) is 0 Å². The highest BCUT2D eigenvalue weighted by molar-refractivity contribution is 6.03. The van der Waals surface area contributed by atoms with Crippen LogP contribution in [0.1, 0.15) is 21.6 Å². The lowest BCUT2D eigenvalue weighted by molar-refractivity contribution is 0.0699. The average molecular weight is 321 g/mol. The number of carbonyl (C=O) groups is 1. The number of pyridine rings is 1. The van der Waals surface area contributed by atoms with Crippen LogP contribution in [0.2, 0.25) is 0 Å². The van der Waals surface area contributed by atoms with E-state index in [1.54, 1.807) is 48.6 Å². The van der Waals surface area contributed by atoms with Crippen LogP contribution in [0.25, 0.3) is 23.1 Å². The maximum absolute atomic E-state index is 11.5. The fraction of sp³-hybridized carbons (Fsp3) is 0.0526. The molecule has 0 saturated carbocycles. The van der Waals surface area contributed by atoms with E-state index in [1.165, 1.54) is 13.2 Å². The molecule has 0 bridgehead atoms. The van der Waals surface area contributed by atoms with Crippen LogP contribution in [-0.4, -0.2) is 28.3 Å². The van der Waals surface area contributed by atoms with Crippen LogP contribution in [0, 0.1) is 0 Å². The number of hydrogen-bond donors (Lipinski definition) is 2. The first-order valence-electron chi connectivity index (χ1n) is 7.26. The van der Waals surface area contributed by atoms with Gasteiger partial charge in [-0.05, 0) is 35.9 Å². The molecule has 0 atom stereocenters. The first-order chi connectivity index (χ1) is 11.6. The second kappa shape index (κ2) is 6.42. The molecule has 120 valence electrons. The van der Waals surface area contributed by atoms with Crippen molar-refractivity contribution in [1.29, 1.82) is 0 Å². The molecule has 0 spiro atoms. The second-order valence-electron chi connectivity index (χ2n) is 5.18. The quantitative estimate of drug-likeness (QED) is 0.763. The number of aromatic carboxylic acids is 1. The van der Waals surface area contributed by atoms with E-state index < -0.39 is 5.97 Å². The molecule has 3 aromatic rings. The fourth-order valence-corrected chi connectivity index (χ4v) is 2.44. The predicted octanol–water partition coefficient (Wildman–Crippen LogP) is 3.82. The number of ether oxygens (including phenoxy) is 1. The molecule has 0 amide bonds. The number of aromatic nitrogens is 1. The smallest absolute Gasteiger partial charge is 0.336 e. The molecule has 24 heavy (non-hydrogen) atoms. The number of carboxylic acids is 1. The maximum Gasteiger partial charge on any atom is 0.336 e. The number of hydrogen-bond acceptors (Lipinski definition) is 4. The number of benzene rings is 2. The third-order valence-corrected chi connectivity index (χ3v) is 3.62. The van der Waals surface area contributed by atoms with Gasteiger partial charge in [0.05, 0.1) is 23.9 Å².